The van der Waals surface area contributed by atoms with Crippen molar-refractivity contribution in [2.45, 2.75) is 42.7 Å². The van der Waals surface area contributed by atoms with Crippen LogP contribution in [0, 0.1) is 0 Å². The van der Waals surface area contributed by atoms with Gasteiger partial charge in [0.1, 0.15) is 23.9 Å². The number of hydrogen-bond acceptors (Lipinski definition) is 5. The highest BCUT2D eigenvalue weighted by Gasteiger charge is 2.89. The van der Waals surface area contributed by atoms with E-state index in [4.69, 9.17) is 9.47 Å². The maximum absolute atomic E-state index is 10.1. The molecular formula is C8H11NO4. The Morgan fingerprint density at radius 1 is 1.54 bits per heavy atom. The summed E-state index contributed by atoms with van der Waals surface area (Å²) in [7, 11) is 0. The van der Waals surface area contributed by atoms with Crippen LogP contribution in [0.15, 0.2) is 4.99 Å². The third-order valence-corrected chi connectivity index (χ3v) is 3.32. The maximum atomic E-state index is 10.1. The van der Waals surface area contributed by atoms with Crippen molar-refractivity contribution in [2.24, 2.45) is 4.99 Å². The summed E-state index contributed by atoms with van der Waals surface area (Å²) in [6.07, 6.45) is -1.87. The highest BCUT2D eigenvalue weighted by atomic mass is 16.7. The monoisotopic (exact) mass is 185 g/mol. The first-order valence-corrected chi connectivity index (χ1v) is 4.29. The average molecular weight is 185 g/mol. The Hall–Kier alpha value is -0.490. The van der Waals surface area contributed by atoms with Crippen LogP contribution in [0.1, 0.15) is 6.92 Å². The van der Waals surface area contributed by atoms with Crippen LogP contribution in [0.4, 0.5) is 0 Å². The van der Waals surface area contributed by atoms with Gasteiger partial charge in [-0.25, -0.2) is 0 Å². The van der Waals surface area contributed by atoms with E-state index >= 15 is 0 Å². The van der Waals surface area contributed by atoms with Crippen LogP contribution in [-0.4, -0.2) is 52.7 Å². The van der Waals surface area contributed by atoms with Crippen molar-refractivity contribution in [3.05, 3.63) is 0 Å². The molecule has 72 valence electrons. The van der Waals surface area contributed by atoms with Crippen molar-refractivity contribution in [1.29, 1.82) is 0 Å². The van der Waals surface area contributed by atoms with E-state index in [0.717, 1.165) is 0 Å². The summed E-state index contributed by atoms with van der Waals surface area (Å²) in [5.41, 5.74) is -2.07. The number of fused-ring (bicyclic) bond motifs is 3. The van der Waals surface area contributed by atoms with E-state index in [-0.39, 0.29) is 12.2 Å². The second-order valence-electron chi connectivity index (χ2n) is 3.95. The average Bonchev–Trinajstić information content (AvgIpc) is 2.95. The summed E-state index contributed by atoms with van der Waals surface area (Å²) >= 11 is 0. The topological polar surface area (TPSA) is 77.9 Å². The Balaban J connectivity index is 2.00. The molecule has 3 aliphatic rings. The Kier molecular flexibility index (Phi) is 1.10. The fraction of sp³-hybridized carbons (Fsp3) is 0.875. The van der Waals surface area contributed by atoms with Crippen LogP contribution < -0.4 is 0 Å². The third kappa shape index (κ3) is 0.604. The highest BCUT2D eigenvalue weighted by molar-refractivity contribution is 5.39. The van der Waals surface area contributed by atoms with E-state index < -0.39 is 23.5 Å². The molecular weight excluding hydrogens is 174 g/mol. The number of epoxide rings is 2. The van der Waals surface area contributed by atoms with Gasteiger partial charge in [0, 0.05) is 0 Å². The van der Waals surface area contributed by atoms with Crippen LogP contribution in [0.3, 0.4) is 0 Å². The lowest BCUT2D eigenvalue weighted by molar-refractivity contribution is -0.0980. The zero-order chi connectivity index (χ0) is 9.43. The molecule has 2 heterocycles. The van der Waals surface area contributed by atoms with Gasteiger partial charge in [-0.2, -0.15) is 0 Å². The molecule has 3 rings (SSSR count). The van der Waals surface area contributed by atoms with Crippen molar-refractivity contribution >= 4 is 6.72 Å². The number of aliphatic imine (C=N–C) groups is 1. The first-order valence-electron chi connectivity index (χ1n) is 4.29. The molecule has 0 aromatic heterocycles. The molecule has 6 atom stereocenters. The van der Waals surface area contributed by atoms with E-state index in [1.807, 2.05) is 0 Å². The summed E-state index contributed by atoms with van der Waals surface area (Å²) in [5, 5.41) is 19.5. The largest absolute Gasteiger partial charge is 0.390 e. The fourth-order valence-corrected chi connectivity index (χ4v) is 2.39. The predicted octanol–water partition coefficient (Wildman–Crippen LogP) is -1.32. The molecule has 2 N–H and O–H groups in total. The smallest absolute Gasteiger partial charge is 0.217 e. The molecule has 0 unspecified atom stereocenters. The molecule has 2 saturated heterocycles. The Labute approximate surface area is 75.0 Å². The number of rotatable bonds is 2. The molecule has 0 bridgehead atoms. The number of aliphatic hydroxyl groups is 2. The van der Waals surface area contributed by atoms with Crippen molar-refractivity contribution < 1.29 is 19.7 Å². The Morgan fingerprint density at radius 2 is 2.23 bits per heavy atom. The number of aliphatic hydroxyl groups excluding tert-OH is 1. The maximum Gasteiger partial charge on any atom is 0.217 e. The highest BCUT2D eigenvalue weighted by Crippen LogP contribution is 2.65. The van der Waals surface area contributed by atoms with Gasteiger partial charge in [-0.3, -0.25) is 4.99 Å². The van der Waals surface area contributed by atoms with Gasteiger partial charge >= 0.3 is 0 Å². The molecule has 1 saturated carbocycles. The second kappa shape index (κ2) is 1.81. The minimum Gasteiger partial charge on any atom is -0.390 e. The van der Waals surface area contributed by atoms with E-state index in [0.29, 0.717) is 0 Å². The molecule has 0 aromatic carbocycles. The standard InChI is InChI=1S/C8H11NO4/c1-3(10)7(11)4-5(12-4)8(9-2)6(7)13-8/h3-6,10-11H,2H2,1H3/t3-,4+,5-,6-,7+,8-/m0/s1. The first kappa shape index (κ1) is 7.87. The Morgan fingerprint density at radius 3 is 2.62 bits per heavy atom. The molecule has 0 aromatic rings. The van der Waals surface area contributed by atoms with E-state index in [1.165, 1.54) is 6.92 Å². The zero-order valence-electron chi connectivity index (χ0n) is 7.17. The van der Waals surface area contributed by atoms with E-state index in [2.05, 4.69) is 11.7 Å². The molecule has 5 nitrogen and oxygen atoms in total. The summed E-state index contributed by atoms with van der Waals surface area (Å²) in [6, 6.07) is 0. The normalized spacial score (nSPS) is 63.8. The summed E-state index contributed by atoms with van der Waals surface area (Å²) in [6.45, 7) is 4.94. The molecule has 0 radical (unpaired) electrons. The lowest BCUT2D eigenvalue weighted by Crippen LogP contribution is -2.49. The zero-order valence-corrected chi connectivity index (χ0v) is 7.17. The van der Waals surface area contributed by atoms with Gasteiger partial charge in [-0.15, -0.1) is 0 Å². The molecule has 3 fully saturated rings. The first-order chi connectivity index (χ1) is 6.07. The Bertz CT molecular complexity index is 294. The van der Waals surface area contributed by atoms with Crippen LogP contribution in [0.2, 0.25) is 0 Å². The SMILES string of the molecule is C=N[C@@]12O[C@H]1[C@@](O)([C@H](C)O)[C@@H]1O[C@@H]12. The molecule has 0 amide bonds. The van der Waals surface area contributed by atoms with Crippen LogP contribution in [-0.2, 0) is 9.47 Å². The van der Waals surface area contributed by atoms with Gasteiger partial charge in [0.05, 0.1) is 6.10 Å². The molecule has 5 heteroatoms. The minimum absolute atomic E-state index is 0.213. The van der Waals surface area contributed by atoms with Crippen molar-refractivity contribution in [2.75, 3.05) is 0 Å². The van der Waals surface area contributed by atoms with Crippen LogP contribution in [0.5, 0.6) is 0 Å². The third-order valence-electron chi connectivity index (χ3n) is 3.32. The van der Waals surface area contributed by atoms with Crippen molar-refractivity contribution in [1.82, 2.24) is 0 Å². The number of hydrogen-bond donors (Lipinski definition) is 2. The van der Waals surface area contributed by atoms with Gasteiger partial charge in [0.25, 0.3) is 0 Å². The van der Waals surface area contributed by atoms with Crippen LogP contribution >= 0.6 is 0 Å². The summed E-state index contributed by atoms with van der Waals surface area (Å²) < 4.78 is 10.5. The van der Waals surface area contributed by atoms with E-state index in [1.54, 1.807) is 0 Å². The summed E-state index contributed by atoms with van der Waals surface area (Å²) in [4.78, 5) is 3.83. The number of nitrogens with zero attached hydrogens (tertiary/aromatic N) is 1. The van der Waals surface area contributed by atoms with Gasteiger partial charge in [-0.05, 0) is 13.6 Å². The molecule has 13 heavy (non-hydrogen) atoms. The fourth-order valence-electron chi connectivity index (χ4n) is 2.39. The van der Waals surface area contributed by atoms with E-state index in [9.17, 15) is 10.2 Å². The molecule has 0 spiro atoms. The van der Waals surface area contributed by atoms with Gasteiger partial charge < -0.3 is 19.7 Å². The molecule has 1 aliphatic carbocycles. The lowest BCUT2D eigenvalue weighted by Gasteiger charge is -2.25. The summed E-state index contributed by atoms with van der Waals surface area (Å²) in [5.74, 6) is 0. The van der Waals surface area contributed by atoms with Gasteiger partial charge in [0.2, 0.25) is 5.72 Å². The van der Waals surface area contributed by atoms with Gasteiger partial charge in [-0.1, -0.05) is 0 Å². The minimum atomic E-state index is -1.30. The van der Waals surface area contributed by atoms with Crippen molar-refractivity contribution in [3.63, 3.8) is 0 Å². The van der Waals surface area contributed by atoms with Gasteiger partial charge in [0.15, 0.2) is 0 Å². The number of ether oxygens (including phenoxy) is 2. The lowest BCUT2D eigenvalue weighted by atomic mass is 9.94. The van der Waals surface area contributed by atoms with Crippen molar-refractivity contribution in [3.8, 4) is 0 Å². The quantitative estimate of drug-likeness (QED) is 0.413. The van der Waals surface area contributed by atoms with Crippen LogP contribution in [0.25, 0.3) is 0 Å². The second-order valence-corrected chi connectivity index (χ2v) is 3.95. The molecule has 2 aliphatic heterocycles. The predicted molar refractivity (Wildman–Crippen MR) is 42.4 cm³/mol.